The third-order valence-electron chi connectivity index (χ3n) is 5.56. The first kappa shape index (κ1) is 29.7. The molecule has 10 nitrogen and oxygen atoms in total. The molecule has 1 heterocycles. The number of carbonyl (C=O) groups is 2. The minimum absolute atomic E-state index is 0.0103. The second-order valence-corrected chi connectivity index (χ2v) is 9.82. The monoisotopic (exact) mass is 544 g/mol. The molecule has 0 spiro atoms. The second-order valence-electron chi connectivity index (χ2n) is 9.82. The van der Waals surface area contributed by atoms with Crippen molar-refractivity contribution in [3.05, 3.63) is 103 Å². The molecule has 210 valence electrons. The summed E-state index contributed by atoms with van der Waals surface area (Å²) in [6.07, 6.45) is 6.28. The van der Waals surface area contributed by atoms with Crippen LogP contribution in [0.3, 0.4) is 0 Å². The van der Waals surface area contributed by atoms with Crippen LogP contribution in [-0.2, 0) is 21.5 Å². The summed E-state index contributed by atoms with van der Waals surface area (Å²) in [6, 6.07) is 15.9. The number of methoxy groups -OCH3 is 1. The predicted molar refractivity (Wildman–Crippen MR) is 157 cm³/mol. The maximum Gasteiger partial charge on any atom is 0.324 e. The lowest BCUT2D eigenvalue weighted by molar-refractivity contribution is -0.124. The van der Waals surface area contributed by atoms with Gasteiger partial charge in [-0.2, -0.15) is 5.10 Å². The van der Waals surface area contributed by atoms with Gasteiger partial charge in [0.1, 0.15) is 23.9 Å². The number of aromatic nitrogens is 2. The Balaban J connectivity index is 1.73. The Morgan fingerprint density at radius 1 is 1.07 bits per heavy atom. The molecule has 0 aliphatic rings. The lowest BCUT2D eigenvalue weighted by atomic mass is 9.92. The van der Waals surface area contributed by atoms with Crippen LogP contribution in [0.15, 0.2) is 91.4 Å². The van der Waals surface area contributed by atoms with E-state index in [4.69, 9.17) is 20.3 Å². The van der Waals surface area contributed by atoms with E-state index in [-0.39, 0.29) is 17.9 Å². The number of nitrogens with two attached hydrogens (primary N) is 1. The quantitative estimate of drug-likeness (QED) is 0.198. The summed E-state index contributed by atoms with van der Waals surface area (Å²) in [5.41, 5.74) is 8.29. The number of nitrogens with one attached hydrogen (secondary N) is 3. The summed E-state index contributed by atoms with van der Waals surface area (Å²) in [5, 5.41) is 13.3. The largest absolute Gasteiger partial charge is 0.457 e. The highest BCUT2D eigenvalue weighted by molar-refractivity contribution is 5.99. The van der Waals surface area contributed by atoms with Gasteiger partial charge in [0.05, 0.1) is 11.4 Å². The molecule has 0 fully saturated rings. The molecule has 10 heteroatoms. The third-order valence-corrected chi connectivity index (χ3v) is 5.56. The number of amides is 3. The van der Waals surface area contributed by atoms with Crippen LogP contribution in [0.4, 0.5) is 16.3 Å². The van der Waals surface area contributed by atoms with Gasteiger partial charge in [0.2, 0.25) is 5.91 Å². The van der Waals surface area contributed by atoms with Crippen molar-refractivity contribution in [3.8, 4) is 11.4 Å². The summed E-state index contributed by atoms with van der Waals surface area (Å²) in [5.74, 6) is 1.43. The number of allylic oxidation sites excluding steroid dienone is 3. The van der Waals surface area contributed by atoms with Gasteiger partial charge in [0, 0.05) is 30.8 Å². The Kier molecular flexibility index (Phi) is 10.3. The van der Waals surface area contributed by atoms with Crippen LogP contribution in [0.5, 0.6) is 5.75 Å². The van der Waals surface area contributed by atoms with Gasteiger partial charge in [0.25, 0.3) is 0 Å². The van der Waals surface area contributed by atoms with Crippen molar-refractivity contribution in [2.45, 2.75) is 32.7 Å². The molecule has 5 N–H and O–H groups in total. The minimum atomic E-state index is -0.425. The number of ether oxygens (including phenoxy) is 2. The molecule has 0 aliphatic carbocycles. The Morgan fingerprint density at radius 3 is 2.38 bits per heavy atom. The number of anilines is 2. The second kappa shape index (κ2) is 13.8. The molecule has 0 saturated heterocycles. The summed E-state index contributed by atoms with van der Waals surface area (Å²) < 4.78 is 12.3. The van der Waals surface area contributed by atoms with Gasteiger partial charge in [-0.15, -0.1) is 0 Å². The van der Waals surface area contributed by atoms with Gasteiger partial charge in [0.15, 0.2) is 0 Å². The first-order valence-corrected chi connectivity index (χ1v) is 12.7. The average molecular weight is 545 g/mol. The lowest BCUT2D eigenvalue weighted by Crippen LogP contribution is -2.26. The van der Waals surface area contributed by atoms with Crippen LogP contribution in [0.25, 0.3) is 5.69 Å². The molecular formula is C30H36N6O4. The fraction of sp³-hybridized carbons (Fsp3) is 0.233. The first-order chi connectivity index (χ1) is 19.1. The zero-order chi connectivity index (χ0) is 29.1. The van der Waals surface area contributed by atoms with E-state index in [0.717, 1.165) is 16.9 Å². The summed E-state index contributed by atoms with van der Waals surface area (Å²) >= 11 is 0. The normalized spacial score (nSPS) is 11.8. The lowest BCUT2D eigenvalue weighted by Gasteiger charge is -2.14. The van der Waals surface area contributed by atoms with E-state index in [0.29, 0.717) is 29.6 Å². The summed E-state index contributed by atoms with van der Waals surface area (Å²) in [7, 11) is 1.47. The van der Waals surface area contributed by atoms with Gasteiger partial charge in [-0.05, 0) is 60.3 Å². The molecular weight excluding hydrogens is 508 g/mol. The zero-order valence-corrected chi connectivity index (χ0v) is 23.2. The molecule has 0 saturated carbocycles. The molecule has 3 aromatic rings. The minimum Gasteiger partial charge on any atom is -0.457 e. The van der Waals surface area contributed by atoms with E-state index in [2.05, 4.69) is 43.3 Å². The molecule has 40 heavy (non-hydrogen) atoms. The molecule has 1 aromatic heterocycles. The van der Waals surface area contributed by atoms with Crippen molar-refractivity contribution in [2.24, 2.45) is 5.73 Å². The van der Waals surface area contributed by atoms with Crippen LogP contribution in [0, 0.1) is 0 Å². The number of hydrogen-bond donors (Lipinski definition) is 4. The molecule has 3 rings (SSSR count). The Labute approximate surface area is 234 Å². The number of rotatable bonds is 11. The van der Waals surface area contributed by atoms with E-state index < -0.39 is 6.03 Å². The SMILES string of the molecule is C=C/C=C(\C=C/N)Oc1ccc(NC(=O)Nc2cc(C(C)(C)C)nn2-c2ccc(CNC(=O)COC)cc2)cc1. The topological polar surface area (TPSA) is 133 Å². The number of urea groups is 1. The van der Waals surface area contributed by atoms with Gasteiger partial charge in [-0.25, -0.2) is 9.48 Å². The van der Waals surface area contributed by atoms with Crippen LogP contribution in [-0.4, -0.2) is 35.4 Å². The third kappa shape index (κ3) is 8.60. The highest BCUT2D eigenvalue weighted by Gasteiger charge is 2.21. The average Bonchev–Trinajstić information content (AvgIpc) is 3.33. The van der Waals surface area contributed by atoms with Crippen LogP contribution >= 0.6 is 0 Å². The molecule has 0 unspecified atom stereocenters. The first-order valence-electron chi connectivity index (χ1n) is 12.7. The smallest absolute Gasteiger partial charge is 0.324 e. The Morgan fingerprint density at radius 2 is 1.77 bits per heavy atom. The van der Waals surface area contributed by atoms with Gasteiger partial charge in [-0.1, -0.05) is 45.6 Å². The highest BCUT2D eigenvalue weighted by Crippen LogP contribution is 2.27. The Bertz CT molecular complexity index is 1370. The van der Waals surface area contributed by atoms with Crippen molar-refractivity contribution >= 4 is 23.4 Å². The van der Waals surface area contributed by atoms with Crippen molar-refractivity contribution in [2.75, 3.05) is 24.4 Å². The summed E-state index contributed by atoms with van der Waals surface area (Å²) in [6.45, 7) is 10.2. The maximum atomic E-state index is 12.9. The standard InChI is InChI=1S/C30H36N6O4/c1-6-7-24(16-17-31)40-25-14-10-22(11-15-25)33-29(38)34-27-18-26(30(2,3)4)35-36(27)23-12-8-21(9-13-23)19-32-28(37)20-39-5/h6-18H,1,19-20,31H2,2-5H3,(H,32,37)(H2,33,34,38)/b17-16-,24-7+. The zero-order valence-electron chi connectivity index (χ0n) is 23.2. The molecule has 0 bridgehead atoms. The summed E-state index contributed by atoms with van der Waals surface area (Å²) in [4.78, 5) is 24.6. The number of benzene rings is 2. The molecule has 2 aromatic carbocycles. The van der Waals surface area contributed by atoms with Crippen molar-refractivity contribution in [3.63, 3.8) is 0 Å². The number of carbonyl (C=O) groups excluding carboxylic acids is 2. The fourth-order valence-corrected chi connectivity index (χ4v) is 3.53. The maximum absolute atomic E-state index is 12.9. The van der Waals surface area contributed by atoms with E-state index >= 15 is 0 Å². The Hall–Kier alpha value is -4.83. The van der Waals surface area contributed by atoms with Crippen molar-refractivity contribution < 1.29 is 19.1 Å². The number of hydrogen-bond acceptors (Lipinski definition) is 6. The molecule has 0 radical (unpaired) electrons. The molecule has 3 amide bonds. The highest BCUT2D eigenvalue weighted by atomic mass is 16.5. The van der Waals surface area contributed by atoms with E-state index in [1.807, 2.05) is 30.3 Å². The molecule has 0 atom stereocenters. The van der Waals surface area contributed by atoms with Gasteiger partial charge in [-0.3, -0.25) is 10.1 Å². The van der Waals surface area contributed by atoms with Crippen LogP contribution < -0.4 is 26.4 Å². The van der Waals surface area contributed by atoms with E-state index in [1.165, 1.54) is 13.3 Å². The van der Waals surface area contributed by atoms with Gasteiger partial charge >= 0.3 is 6.03 Å². The fourth-order valence-electron chi connectivity index (χ4n) is 3.53. The van der Waals surface area contributed by atoms with Crippen LogP contribution in [0.1, 0.15) is 32.0 Å². The molecule has 0 aliphatic heterocycles. The van der Waals surface area contributed by atoms with Crippen molar-refractivity contribution in [1.82, 2.24) is 15.1 Å². The van der Waals surface area contributed by atoms with E-state index in [9.17, 15) is 9.59 Å². The van der Waals surface area contributed by atoms with Gasteiger partial charge < -0.3 is 25.8 Å². The van der Waals surface area contributed by atoms with Crippen LogP contribution in [0.2, 0.25) is 0 Å². The predicted octanol–water partition coefficient (Wildman–Crippen LogP) is 5.00. The van der Waals surface area contributed by atoms with Crippen molar-refractivity contribution in [1.29, 1.82) is 0 Å². The van der Waals surface area contributed by atoms with E-state index in [1.54, 1.807) is 47.2 Å². The number of nitrogens with zero attached hydrogens (tertiary/aromatic N) is 2.